The van der Waals surface area contributed by atoms with Crippen molar-refractivity contribution in [3.8, 4) is 11.3 Å². The normalized spacial score (nSPS) is 14.3. The van der Waals surface area contributed by atoms with Crippen LogP contribution in [-0.4, -0.2) is 22.6 Å². The molecule has 1 aliphatic carbocycles. The lowest BCUT2D eigenvalue weighted by Gasteiger charge is -2.23. The van der Waals surface area contributed by atoms with E-state index in [1.54, 1.807) is 12.3 Å². The molecule has 2 heterocycles. The lowest BCUT2D eigenvalue weighted by Crippen LogP contribution is -2.22. The van der Waals surface area contributed by atoms with Crippen LogP contribution in [0.1, 0.15) is 46.0 Å². The van der Waals surface area contributed by atoms with E-state index in [4.69, 9.17) is 28.2 Å². The molecule has 1 fully saturated rings. The minimum Gasteiger partial charge on any atom is -0.367 e. The van der Waals surface area contributed by atoms with Gasteiger partial charge in [-0.15, -0.1) is 0 Å². The molecule has 31 heavy (non-hydrogen) atoms. The van der Waals surface area contributed by atoms with Crippen molar-refractivity contribution < 1.29 is 0 Å². The monoisotopic (exact) mass is 458 g/mol. The molecule has 0 aliphatic heterocycles. The topological polar surface area (TPSA) is 49.8 Å². The van der Waals surface area contributed by atoms with Gasteiger partial charge in [0.05, 0.1) is 10.7 Å². The molecule has 2 N–H and O–H groups in total. The molecule has 3 rings (SSSR count). The molecule has 0 atom stereocenters. The van der Waals surface area contributed by atoms with Crippen molar-refractivity contribution in [2.24, 2.45) is 0 Å². The summed E-state index contributed by atoms with van der Waals surface area (Å²) >= 11 is 12.5. The number of hydrogen-bond donors (Lipinski definition) is 2. The Labute approximate surface area is 196 Å². The number of pyridine rings is 2. The number of anilines is 2. The van der Waals surface area contributed by atoms with Crippen LogP contribution in [0.3, 0.4) is 0 Å². The Bertz CT molecular complexity index is 902. The van der Waals surface area contributed by atoms with Crippen LogP contribution in [0.4, 0.5) is 11.6 Å². The van der Waals surface area contributed by atoms with Gasteiger partial charge in [-0.2, -0.15) is 0 Å². The van der Waals surface area contributed by atoms with Gasteiger partial charge in [0.15, 0.2) is 0 Å². The Hall–Kier alpha value is -2.30. The van der Waals surface area contributed by atoms with E-state index in [2.05, 4.69) is 28.8 Å². The van der Waals surface area contributed by atoms with Crippen LogP contribution < -0.4 is 10.6 Å². The highest BCUT2D eigenvalue weighted by Gasteiger charge is 2.15. The van der Waals surface area contributed by atoms with Crippen molar-refractivity contribution in [2.75, 3.05) is 17.2 Å². The Morgan fingerprint density at radius 3 is 2.61 bits per heavy atom. The maximum Gasteiger partial charge on any atom is 0.126 e. The molecule has 0 saturated heterocycles. The van der Waals surface area contributed by atoms with E-state index < -0.39 is 0 Å². The predicted octanol–water partition coefficient (Wildman–Crippen LogP) is 7.84. The number of aromatic nitrogens is 2. The lowest BCUT2D eigenvalue weighted by molar-refractivity contribution is 0.462. The summed E-state index contributed by atoms with van der Waals surface area (Å²) in [4.78, 5) is 9.16. The summed E-state index contributed by atoms with van der Waals surface area (Å²) in [6, 6.07) is 8.25. The highest BCUT2D eigenvalue weighted by Crippen LogP contribution is 2.30. The molecular weight excluding hydrogens is 427 g/mol. The van der Waals surface area contributed by atoms with Crippen molar-refractivity contribution in [1.29, 1.82) is 0 Å². The molecule has 4 nitrogen and oxygen atoms in total. The van der Waals surface area contributed by atoms with Crippen LogP contribution in [0.25, 0.3) is 11.3 Å². The van der Waals surface area contributed by atoms with E-state index in [-0.39, 0.29) is 0 Å². The lowest BCUT2D eigenvalue weighted by atomic mass is 9.95. The molecule has 1 aliphatic rings. The summed E-state index contributed by atoms with van der Waals surface area (Å²) in [7, 11) is 0. The molecule has 2 aromatic rings. The number of allylic oxidation sites excluding steroid dienone is 2. The molecule has 0 amide bonds. The minimum absolute atomic E-state index is 0.476. The van der Waals surface area contributed by atoms with Gasteiger partial charge in [0.2, 0.25) is 0 Å². The number of halogens is 2. The molecule has 0 spiro atoms. The van der Waals surface area contributed by atoms with Gasteiger partial charge in [0, 0.05) is 29.4 Å². The van der Waals surface area contributed by atoms with Crippen LogP contribution in [0.15, 0.2) is 66.4 Å². The molecule has 0 unspecified atom stereocenters. The first-order chi connectivity index (χ1) is 15.1. The van der Waals surface area contributed by atoms with Gasteiger partial charge < -0.3 is 10.6 Å². The summed E-state index contributed by atoms with van der Waals surface area (Å²) in [5, 5.41) is 7.87. The standard InChI is InChI=1S/C23H26Cl2N4.C2H6/c1-3-8-17(16(2)24)14-26-22-12-7-11-21(29-22)19-13-23(27-15-20(19)25)28-18-9-5-4-6-10-18;1-2/h3,7-8,11-13,15,18H,1-2,4-6,9-10,14H2,(H,26,29)(H,27,28);1-2H3/b17-8-;. The minimum atomic E-state index is 0.476. The third-order valence-electron chi connectivity index (χ3n) is 4.96. The van der Waals surface area contributed by atoms with Crippen molar-refractivity contribution in [2.45, 2.75) is 52.0 Å². The largest absolute Gasteiger partial charge is 0.367 e. The number of nitrogens with zero attached hydrogens (tertiary/aromatic N) is 2. The average Bonchev–Trinajstić information content (AvgIpc) is 2.80. The molecule has 0 bridgehead atoms. The van der Waals surface area contributed by atoms with Crippen LogP contribution in [0.2, 0.25) is 5.02 Å². The van der Waals surface area contributed by atoms with E-state index in [1.165, 1.54) is 32.1 Å². The zero-order valence-electron chi connectivity index (χ0n) is 18.4. The highest BCUT2D eigenvalue weighted by molar-refractivity contribution is 6.33. The fourth-order valence-electron chi connectivity index (χ4n) is 3.43. The van der Waals surface area contributed by atoms with E-state index in [9.17, 15) is 0 Å². The summed E-state index contributed by atoms with van der Waals surface area (Å²) < 4.78 is 0. The second-order valence-electron chi connectivity index (χ2n) is 7.12. The summed E-state index contributed by atoms with van der Waals surface area (Å²) in [6.45, 7) is 12.0. The second kappa shape index (κ2) is 13.2. The Morgan fingerprint density at radius 1 is 1.19 bits per heavy atom. The molecule has 166 valence electrons. The van der Waals surface area contributed by atoms with Crippen molar-refractivity contribution in [3.05, 3.63) is 71.4 Å². The zero-order chi connectivity index (χ0) is 22.6. The average molecular weight is 459 g/mol. The first kappa shape index (κ1) is 25.0. The van der Waals surface area contributed by atoms with E-state index in [1.807, 2.05) is 44.2 Å². The van der Waals surface area contributed by atoms with Crippen LogP contribution in [0.5, 0.6) is 0 Å². The molecule has 0 aromatic carbocycles. The van der Waals surface area contributed by atoms with E-state index in [0.717, 1.165) is 28.5 Å². The Balaban J connectivity index is 0.00000166. The van der Waals surface area contributed by atoms with Gasteiger partial charge in [-0.25, -0.2) is 9.97 Å². The maximum absolute atomic E-state index is 6.44. The maximum atomic E-state index is 6.44. The van der Waals surface area contributed by atoms with Crippen molar-refractivity contribution in [1.82, 2.24) is 9.97 Å². The van der Waals surface area contributed by atoms with Crippen molar-refractivity contribution in [3.63, 3.8) is 0 Å². The van der Waals surface area contributed by atoms with Crippen LogP contribution >= 0.6 is 23.2 Å². The molecule has 2 aromatic heterocycles. The number of nitrogens with one attached hydrogen (secondary N) is 2. The first-order valence-electron chi connectivity index (χ1n) is 10.9. The highest BCUT2D eigenvalue weighted by atomic mass is 35.5. The van der Waals surface area contributed by atoms with Gasteiger partial charge in [0.25, 0.3) is 0 Å². The zero-order valence-corrected chi connectivity index (χ0v) is 19.9. The Kier molecular flexibility index (Phi) is 10.6. The molecule has 6 heteroatoms. The Morgan fingerprint density at radius 2 is 1.94 bits per heavy atom. The quantitative estimate of drug-likeness (QED) is 0.395. The third-order valence-corrected chi connectivity index (χ3v) is 5.51. The SMILES string of the molecule is C=C/C=C(/CNc1cccc(-c2cc(NC3CCCCC3)ncc2Cl)n1)C(=C)Cl.CC. The first-order valence-corrected chi connectivity index (χ1v) is 11.6. The predicted molar refractivity (Wildman–Crippen MR) is 136 cm³/mol. The molecular formula is C25H32Cl2N4. The second-order valence-corrected chi connectivity index (χ2v) is 7.99. The summed E-state index contributed by atoms with van der Waals surface area (Å²) in [6.07, 6.45) is 11.4. The number of rotatable bonds is 8. The third kappa shape index (κ3) is 7.71. The molecule has 1 saturated carbocycles. The number of hydrogen-bond acceptors (Lipinski definition) is 4. The molecule has 0 radical (unpaired) electrons. The fourth-order valence-corrected chi connectivity index (χ4v) is 3.76. The fraction of sp³-hybridized carbons (Fsp3) is 0.360. The van der Waals surface area contributed by atoms with Gasteiger partial charge >= 0.3 is 0 Å². The van der Waals surface area contributed by atoms with Crippen LogP contribution in [-0.2, 0) is 0 Å². The van der Waals surface area contributed by atoms with Gasteiger partial charge in [-0.3, -0.25) is 0 Å². The summed E-state index contributed by atoms with van der Waals surface area (Å²) in [5.74, 6) is 1.57. The van der Waals surface area contributed by atoms with E-state index in [0.29, 0.717) is 22.6 Å². The van der Waals surface area contributed by atoms with Crippen molar-refractivity contribution >= 4 is 34.8 Å². The smallest absolute Gasteiger partial charge is 0.126 e. The van der Waals surface area contributed by atoms with E-state index >= 15 is 0 Å². The van der Waals surface area contributed by atoms with Crippen LogP contribution in [0, 0.1) is 0 Å². The van der Waals surface area contributed by atoms with Gasteiger partial charge in [0.1, 0.15) is 11.6 Å². The van der Waals surface area contributed by atoms with Gasteiger partial charge in [-0.1, -0.05) is 87.7 Å². The van der Waals surface area contributed by atoms with Gasteiger partial charge in [-0.05, 0) is 36.6 Å². The summed E-state index contributed by atoms with van der Waals surface area (Å²) in [5.41, 5.74) is 2.50.